The van der Waals surface area contributed by atoms with Crippen molar-refractivity contribution in [2.24, 2.45) is 0 Å². The van der Waals surface area contributed by atoms with Gasteiger partial charge >= 0.3 is 0 Å². The second-order valence-electron chi connectivity index (χ2n) is 7.48. The van der Waals surface area contributed by atoms with Crippen LogP contribution in [0.15, 0.2) is 87.5 Å². The summed E-state index contributed by atoms with van der Waals surface area (Å²) < 4.78 is 6.84. The first-order valence-electron chi connectivity index (χ1n) is 10.4. The van der Waals surface area contributed by atoms with Crippen molar-refractivity contribution in [3.8, 4) is 11.4 Å². The normalized spacial score (nSPS) is 12.2. The molecule has 0 saturated carbocycles. The molecule has 0 fully saturated rings. The lowest BCUT2D eigenvalue weighted by atomic mass is 10.2. The summed E-state index contributed by atoms with van der Waals surface area (Å²) in [5.74, 6) is 1.22. The van der Waals surface area contributed by atoms with E-state index in [0.29, 0.717) is 44.2 Å². The molecule has 0 saturated heterocycles. The summed E-state index contributed by atoms with van der Waals surface area (Å²) in [6, 6.07) is 21.7. The molecule has 5 aromatic rings. The second kappa shape index (κ2) is 8.55. The van der Waals surface area contributed by atoms with Crippen LogP contribution in [0.25, 0.3) is 27.5 Å². The van der Waals surface area contributed by atoms with Crippen LogP contribution in [0.1, 0.15) is 18.0 Å². The summed E-state index contributed by atoms with van der Waals surface area (Å²) >= 11 is 1.36. The average molecular weight is 457 g/mol. The van der Waals surface area contributed by atoms with Gasteiger partial charge in [-0.25, -0.2) is 9.97 Å². The van der Waals surface area contributed by atoms with Crippen molar-refractivity contribution < 1.29 is 4.74 Å². The summed E-state index contributed by atoms with van der Waals surface area (Å²) in [7, 11) is 1.60. The fraction of sp³-hybridized carbons (Fsp3) is 0.120. The molecule has 0 radical (unpaired) electrons. The standard InChI is InChI=1S/C25H20N4O3S/c1-15(22-26-20-9-5-3-7-18(20)23(30)28-22)33-25-27-21-10-6-4-8-19(21)24(31)29(25)16-11-13-17(32-2)14-12-16/h3-15H,1-2H3,(H,26,28,30). The molecule has 0 aliphatic rings. The SMILES string of the molecule is COc1ccc(-n2c(SC(C)c3nc4ccccc4c(=O)[nH]3)nc3ccccc3c2=O)cc1. The van der Waals surface area contributed by atoms with Crippen molar-refractivity contribution >= 4 is 33.6 Å². The van der Waals surface area contributed by atoms with Gasteiger partial charge in [-0.3, -0.25) is 14.2 Å². The van der Waals surface area contributed by atoms with Crippen LogP contribution in [0.4, 0.5) is 0 Å². The number of thioether (sulfide) groups is 1. The van der Waals surface area contributed by atoms with Crippen molar-refractivity contribution in [2.75, 3.05) is 7.11 Å². The van der Waals surface area contributed by atoms with E-state index in [9.17, 15) is 9.59 Å². The summed E-state index contributed by atoms with van der Waals surface area (Å²) in [6.07, 6.45) is 0. The highest BCUT2D eigenvalue weighted by Gasteiger charge is 2.19. The first kappa shape index (κ1) is 21.0. The van der Waals surface area contributed by atoms with Crippen LogP contribution in [0.3, 0.4) is 0 Å². The number of aromatic nitrogens is 4. The molecule has 3 aromatic carbocycles. The first-order chi connectivity index (χ1) is 16.0. The number of benzene rings is 3. The Morgan fingerprint density at radius 2 is 1.52 bits per heavy atom. The largest absolute Gasteiger partial charge is 0.497 e. The summed E-state index contributed by atoms with van der Waals surface area (Å²) in [4.78, 5) is 38.3. The number of hydrogen-bond donors (Lipinski definition) is 1. The molecule has 0 aliphatic heterocycles. The van der Waals surface area contributed by atoms with Gasteiger partial charge in [-0.15, -0.1) is 0 Å². The molecule has 164 valence electrons. The van der Waals surface area contributed by atoms with E-state index >= 15 is 0 Å². The van der Waals surface area contributed by atoms with E-state index in [1.54, 1.807) is 35.9 Å². The minimum Gasteiger partial charge on any atom is -0.497 e. The van der Waals surface area contributed by atoms with E-state index in [4.69, 9.17) is 9.72 Å². The van der Waals surface area contributed by atoms with E-state index in [0.717, 1.165) is 0 Å². The van der Waals surface area contributed by atoms with Gasteiger partial charge in [0.05, 0.1) is 39.9 Å². The van der Waals surface area contributed by atoms with Gasteiger partial charge in [0.2, 0.25) is 0 Å². The summed E-state index contributed by atoms with van der Waals surface area (Å²) in [5, 5.41) is 1.31. The molecule has 0 amide bonds. The Morgan fingerprint density at radius 3 is 2.21 bits per heavy atom. The van der Waals surface area contributed by atoms with Gasteiger partial charge in [-0.1, -0.05) is 36.0 Å². The zero-order chi connectivity index (χ0) is 22.9. The van der Waals surface area contributed by atoms with E-state index in [1.165, 1.54) is 11.8 Å². The lowest BCUT2D eigenvalue weighted by molar-refractivity contribution is 0.414. The molecular weight excluding hydrogens is 436 g/mol. The monoisotopic (exact) mass is 456 g/mol. The molecule has 0 bridgehead atoms. The van der Waals surface area contributed by atoms with Crippen LogP contribution in [-0.2, 0) is 0 Å². The lowest BCUT2D eigenvalue weighted by Crippen LogP contribution is -2.22. The highest BCUT2D eigenvalue weighted by molar-refractivity contribution is 7.99. The zero-order valence-electron chi connectivity index (χ0n) is 18.0. The van der Waals surface area contributed by atoms with Gasteiger partial charge in [0.25, 0.3) is 11.1 Å². The summed E-state index contributed by atoms with van der Waals surface area (Å²) in [6.45, 7) is 1.93. The van der Waals surface area contributed by atoms with Gasteiger partial charge in [0, 0.05) is 0 Å². The van der Waals surface area contributed by atoms with E-state index in [-0.39, 0.29) is 16.4 Å². The summed E-state index contributed by atoms with van der Waals surface area (Å²) in [5.41, 5.74) is 1.56. The van der Waals surface area contributed by atoms with Crippen LogP contribution < -0.4 is 15.9 Å². The quantitative estimate of drug-likeness (QED) is 0.310. The van der Waals surface area contributed by atoms with Crippen LogP contribution in [-0.4, -0.2) is 26.6 Å². The fourth-order valence-electron chi connectivity index (χ4n) is 3.66. The Hall–Kier alpha value is -3.91. The molecule has 8 heteroatoms. The van der Waals surface area contributed by atoms with E-state index < -0.39 is 0 Å². The third-order valence-corrected chi connectivity index (χ3v) is 6.44. The molecule has 33 heavy (non-hydrogen) atoms. The van der Waals surface area contributed by atoms with Crippen LogP contribution in [0.2, 0.25) is 0 Å². The number of H-pyrrole nitrogens is 1. The molecule has 0 spiro atoms. The third kappa shape index (κ3) is 3.89. The number of methoxy groups -OCH3 is 1. The van der Waals surface area contributed by atoms with Crippen LogP contribution in [0, 0.1) is 0 Å². The van der Waals surface area contributed by atoms with Crippen molar-refractivity contribution in [3.05, 3.63) is 99.3 Å². The number of aromatic amines is 1. The number of fused-ring (bicyclic) bond motifs is 2. The second-order valence-corrected chi connectivity index (χ2v) is 8.79. The van der Waals surface area contributed by atoms with Crippen molar-refractivity contribution in [1.29, 1.82) is 0 Å². The van der Waals surface area contributed by atoms with Gasteiger partial charge in [0.15, 0.2) is 5.16 Å². The van der Waals surface area contributed by atoms with E-state index in [1.807, 2.05) is 55.5 Å². The number of ether oxygens (including phenoxy) is 1. The first-order valence-corrected chi connectivity index (χ1v) is 11.2. The Balaban J connectivity index is 1.64. The van der Waals surface area contributed by atoms with E-state index in [2.05, 4.69) is 9.97 Å². The van der Waals surface area contributed by atoms with Crippen molar-refractivity contribution in [2.45, 2.75) is 17.3 Å². The minimum atomic E-state index is -0.264. The molecule has 5 rings (SSSR count). The maximum atomic E-state index is 13.5. The smallest absolute Gasteiger partial charge is 0.266 e. The van der Waals surface area contributed by atoms with Gasteiger partial charge in [-0.05, 0) is 55.5 Å². The van der Waals surface area contributed by atoms with Crippen molar-refractivity contribution in [1.82, 2.24) is 19.5 Å². The maximum absolute atomic E-state index is 13.5. The third-order valence-electron chi connectivity index (χ3n) is 5.37. The number of rotatable bonds is 5. The van der Waals surface area contributed by atoms with Gasteiger partial charge < -0.3 is 9.72 Å². The highest BCUT2D eigenvalue weighted by atomic mass is 32.2. The Kier molecular flexibility index (Phi) is 5.43. The highest BCUT2D eigenvalue weighted by Crippen LogP contribution is 2.33. The van der Waals surface area contributed by atoms with Crippen LogP contribution >= 0.6 is 11.8 Å². The number of nitrogens with zero attached hydrogens (tertiary/aromatic N) is 3. The molecule has 7 nitrogen and oxygen atoms in total. The predicted molar refractivity (Wildman–Crippen MR) is 131 cm³/mol. The predicted octanol–water partition coefficient (Wildman–Crippen LogP) is 4.48. The number of para-hydroxylation sites is 2. The van der Waals surface area contributed by atoms with Gasteiger partial charge in [-0.2, -0.15) is 0 Å². The zero-order valence-corrected chi connectivity index (χ0v) is 18.8. The molecule has 2 aromatic heterocycles. The molecule has 1 unspecified atom stereocenters. The fourth-order valence-corrected chi connectivity index (χ4v) is 4.65. The molecule has 1 N–H and O–H groups in total. The Morgan fingerprint density at radius 1 is 0.879 bits per heavy atom. The minimum absolute atomic E-state index is 0.166. The molecular formula is C25H20N4O3S. The Bertz CT molecular complexity index is 1590. The van der Waals surface area contributed by atoms with Crippen molar-refractivity contribution in [3.63, 3.8) is 0 Å². The Labute approximate surface area is 193 Å². The molecule has 1 atom stereocenters. The molecule has 2 heterocycles. The molecule has 0 aliphatic carbocycles. The number of nitrogens with one attached hydrogen (secondary N) is 1. The average Bonchev–Trinajstić information content (AvgIpc) is 2.84. The lowest BCUT2D eigenvalue weighted by Gasteiger charge is -2.16. The van der Waals surface area contributed by atoms with Gasteiger partial charge in [0.1, 0.15) is 11.6 Å². The van der Waals surface area contributed by atoms with Crippen LogP contribution in [0.5, 0.6) is 5.75 Å². The topological polar surface area (TPSA) is 89.9 Å². The maximum Gasteiger partial charge on any atom is 0.266 e. The number of hydrogen-bond acceptors (Lipinski definition) is 6.